The Kier molecular flexibility index (Phi) is 3.62. The monoisotopic (exact) mass is 322 g/mol. The van der Waals surface area contributed by atoms with Gasteiger partial charge in [0.25, 0.3) is 0 Å². The fourth-order valence-electron chi connectivity index (χ4n) is 1.64. The molecule has 0 radical (unpaired) electrons. The Bertz CT molecular complexity index is 416. The molecule has 0 saturated carbocycles. The summed E-state index contributed by atoms with van der Waals surface area (Å²) in [6, 6.07) is 3.30. The van der Waals surface area contributed by atoms with E-state index in [2.05, 4.69) is 21.2 Å². The number of amides is 2. The largest absolute Gasteiger partial charge is 0.338 e. The van der Waals surface area contributed by atoms with E-state index in [0.29, 0.717) is 28.8 Å². The highest BCUT2D eigenvalue weighted by atomic mass is 79.9. The van der Waals surface area contributed by atoms with E-state index in [0.717, 1.165) is 10.9 Å². The Balaban J connectivity index is 2.42. The van der Waals surface area contributed by atoms with Gasteiger partial charge in [0.05, 0.1) is 15.7 Å². The smallest absolute Gasteiger partial charge is 0.321 e. The van der Waals surface area contributed by atoms with Crippen molar-refractivity contribution in [3.05, 3.63) is 26.7 Å². The third-order valence-electron chi connectivity index (χ3n) is 2.33. The van der Waals surface area contributed by atoms with Crippen LogP contribution < -0.4 is 10.2 Å². The van der Waals surface area contributed by atoms with Gasteiger partial charge in [-0.15, -0.1) is 0 Å². The number of nitrogens with one attached hydrogen (secondary N) is 1. The average molecular weight is 324 g/mol. The van der Waals surface area contributed by atoms with Crippen LogP contribution in [0.2, 0.25) is 10.0 Å². The summed E-state index contributed by atoms with van der Waals surface area (Å²) in [6.07, 6.45) is 0.883. The third-order valence-corrected chi connectivity index (χ3v) is 3.37. The predicted molar refractivity (Wildman–Crippen MR) is 69.5 cm³/mol. The van der Waals surface area contributed by atoms with Gasteiger partial charge in [-0.2, -0.15) is 0 Å². The summed E-state index contributed by atoms with van der Waals surface area (Å²) in [5.74, 6) is 0. The van der Waals surface area contributed by atoms with Crippen LogP contribution in [-0.4, -0.2) is 19.1 Å². The molecule has 16 heavy (non-hydrogen) atoms. The molecule has 1 aliphatic rings. The first-order valence-corrected chi connectivity index (χ1v) is 6.34. The molecule has 0 spiro atoms. The van der Waals surface area contributed by atoms with E-state index < -0.39 is 0 Å². The van der Waals surface area contributed by atoms with Crippen LogP contribution in [0.15, 0.2) is 16.6 Å². The number of hydrogen-bond acceptors (Lipinski definition) is 1. The van der Waals surface area contributed by atoms with Crippen LogP contribution in [0.3, 0.4) is 0 Å². The highest BCUT2D eigenvalue weighted by Crippen LogP contribution is 2.37. The number of anilines is 1. The second kappa shape index (κ2) is 4.82. The summed E-state index contributed by atoms with van der Waals surface area (Å²) >= 11 is 15.5. The molecular formula is C10H9BrCl2N2O. The minimum absolute atomic E-state index is 0.155. The van der Waals surface area contributed by atoms with Crippen LogP contribution in [0.1, 0.15) is 6.42 Å². The molecule has 1 aliphatic heterocycles. The minimum atomic E-state index is -0.155. The lowest BCUT2D eigenvalue weighted by molar-refractivity contribution is 0.243. The molecule has 0 bridgehead atoms. The second-order valence-electron chi connectivity index (χ2n) is 3.46. The van der Waals surface area contributed by atoms with Gasteiger partial charge < -0.3 is 5.32 Å². The predicted octanol–water partition coefficient (Wildman–Crippen LogP) is 3.68. The molecule has 1 aromatic carbocycles. The molecule has 86 valence electrons. The molecule has 6 heteroatoms. The van der Waals surface area contributed by atoms with Crippen molar-refractivity contribution in [1.82, 2.24) is 5.32 Å². The first-order chi connectivity index (χ1) is 7.59. The van der Waals surface area contributed by atoms with Crippen LogP contribution in [0.25, 0.3) is 0 Å². The average Bonchev–Trinajstić information content (AvgIpc) is 2.19. The lowest BCUT2D eigenvalue weighted by Gasteiger charge is -2.29. The number of benzene rings is 1. The number of carbonyl (C=O) groups excluding carboxylic acids is 1. The third kappa shape index (κ3) is 2.29. The molecule has 1 aromatic rings. The fourth-order valence-corrected chi connectivity index (χ4v) is 3.05. The van der Waals surface area contributed by atoms with Crippen LogP contribution in [0.4, 0.5) is 10.5 Å². The van der Waals surface area contributed by atoms with Gasteiger partial charge in [0.2, 0.25) is 0 Å². The summed E-state index contributed by atoms with van der Waals surface area (Å²) in [6.45, 7) is 1.33. The maximum atomic E-state index is 11.7. The quantitative estimate of drug-likeness (QED) is 0.840. The zero-order chi connectivity index (χ0) is 11.7. The number of carbonyl (C=O) groups is 1. The summed E-state index contributed by atoms with van der Waals surface area (Å²) < 4.78 is 0.795. The molecule has 0 atom stereocenters. The molecule has 0 aromatic heterocycles. The van der Waals surface area contributed by atoms with E-state index in [4.69, 9.17) is 23.2 Å². The Morgan fingerprint density at radius 2 is 1.94 bits per heavy atom. The van der Waals surface area contributed by atoms with Gasteiger partial charge in [0, 0.05) is 17.6 Å². The Hall–Kier alpha value is -0.450. The number of urea groups is 1. The fraction of sp³-hybridized carbons (Fsp3) is 0.300. The summed E-state index contributed by atoms with van der Waals surface area (Å²) in [5, 5.41) is 3.70. The van der Waals surface area contributed by atoms with E-state index in [1.807, 2.05) is 0 Å². The first-order valence-electron chi connectivity index (χ1n) is 4.79. The van der Waals surface area contributed by atoms with E-state index in [-0.39, 0.29) is 6.03 Å². The number of halogens is 3. The van der Waals surface area contributed by atoms with Gasteiger partial charge in [-0.05, 0) is 18.6 Å². The summed E-state index contributed by atoms with van der Waals surface area (Å²) in [7, 11) is 0. The zero-order valence-corrected chi connectivity index (χ0v) is 11.4. The number of hydrogen-bond donors (Lipinski definition) is 1. The lowest BCUT2D eigenvalue weighted by Crippen LogP contribution is -2.46. The molecule has 3 nitrogen and oxygen atoms in total. The zero-order valence-electron chi connectivity index (χ0n) is 8.27. The van der Waals surface area contributed by atoms with Crippen molar-refractivity contribution in [2.75, 3.05) is 18.0 Å². The standard InChI is InChI=1S/C10H9BrCl2N2O/c11-6-4-7(12)9(8(13)5-6)15-3-1-2-14-10(15)16/h4-5H,1-3H2,(H,14,16). The van der Waals surface area contributed by atoms with E-state index in [1.165, 1.54) is 0 Å². The van der Waals surface area contributed by atoms with E-state index >= 15 is 0 Å². The van der Waals surface area contributed by atoms with Crippen molar-refractivity contribution in [1.29, 1.82) is 0 Å². The minimum Gasteiger partial charge on any atom is -0.338 e. The Morgan fingerprint density at radius 3 is 2.50 bits per heavy atom. The number of rotatable bonds is 1. The van der Waals surface area contributed by atoms with Crippen LogP contribution in [-0.2, 0) is 0 Å². The Morgan fingerprint density at radius 1 is 1.31 bits per heavy atom. The normalized spacial score (nSPS) is 16.2. The van der Waals surface area contributed by atoms with E-state index in [1.54, 1.807) is 17.0 Å². The van der Waals surface area contributed by atoms with Gasteiger partial charge in [0.15, 0.2) is 0 Å². The molecule has 0 aliphatic carbocycles. The molecule has 1 heterocycles. The molecule has 1 N–H and O–H groups in total. The van der Waals surface area contributed by atoms with Gasteiger partial charge in [-0.25, -0.2) is 4.79 Å². The summed E-state index contributed by atoms with van der Waals surface area (Å²) in [4.78, 5) is 13.2. The molecule has 0 unspecified atom stereocenters. The van der Waals surface area contributed by atoms with Crippen molar-refractivity contribution < 1.29 is 4.79 Å². The SMILES string of the molecule is O=C1NCCCN1c1c(Cl)cc(Br)cc1Cl. The second-order valence-corrected chi connectivity index (χ2v) is 5.19. The van der Waals surface area contributed by atoms with Crippen LogP contribution in [0, 0.1) is 0 Å². The highest BCUT2D eigenvalue weighted by Gasteiger charge is 2.23. The van der Waals surface area contributed by atoms with Gasteiger partial charge in [-0.3, -0.25) is 4.90 Å². The van der Waals surface area contributed by atoms with Crippen molar-refractivity contribution in [2.45, 2.75) is 6.42 Å². The first kappa shape index (κ1) is 12.0. The molecule has 2 rings (SSSR count). The topological polar surface area (TPSA) is 32.3 Å². The molecule has 2 amide bonds. The van der Waals surface area contributed by atoms with Crippen molar-refractivity contribution in [3.8, 4) is 0 Å². The Labute approximate surface area is 112 Å². The highest BCUT2D eigenvalue weighted by molar-refractivity contribution is 9.10. The lowest BCUT2D eigenvalue weighted by atomic mass is 10.2. The number of nitrogens with zero attached hydrogens (tertiary/aromatic N) is 1. The molecule has 1 saturated heterocycles. The maximum absolute atomic E-state index is 11.7. The van der Waals surface area contributed by atoms with Crippen molar-refractivity contribution in [3.63, 3.8) is 0 Å². The van der Waals surface area contributed by atoms with Crippen LogP contribution >= 0.6 is 39.1 Å². The van der Waals surface area contributed by atoms with Gasteiger partial charge in [-0.1, -0.05) is 39.1 Å². The van der Waals surface area contributed by atoms with Crippen LogP contribution in [0.5, 0.6) is 0 Å². The van der Waals surface area contributed by atoms with Crippen molar-refractivity contribution >= 4 is 50.9 Å². The van der Waals surface area contributed by atoms with E-state index in [9.17, 15) is 4.79 Å². The molecule has 1 fully saturated rings. The van der Waals surface area contributed by atoms with Gasteiger partial charge >= 0.3 is 6.03 Å². The maximum Gasteiger partial charge on any atom is 0.321 e. The van der Waals surface area contributed by atoms with Crippen molar-refractivity contribution in [2.24, 2.45) is 0 Å². The summed E-state index contributed by atoms with van der Waals surface area (Å²) in [5.41, 5.74) is 0.573. The van der Waals surface area contributed by atoms with Gasteiger partial charge in [0.1, 0.15) is 0 Å². The molecular weight excluding hydrogens is 315 g/mol.